The average molecular weight is 463 g/mol. The highest BCUT2D eigenvalue weighted by molar-refractivity contribution is 6.03. The van der Waals surface area contributed by atoms with E-state index < -0.39 is 0 Å². The van der Waals surface area contributed by atoms with Crippen molar-refractivity contribution in [2.24, 2.45) is 0 Å². The van der Waals surface area contributed by atoms with Gasteiger partial charge in [0.05, 0.1) is 0 Å². The molecule has 0 N–H and O–H groups in total. The van der Waals surface area contributed by atoms with Gasteiger partial charge < -0.3 is 14.0 Å². The van der Waals surface area contributed by atoms with Crippen LogP contribution in [0.25, 0.3) is 44.7 Å². The summed E-state index contributed by atoms with van der Waals surface area (Å²) in [6.45, 7) is 5.74. The molecule has 1 amide bonds. The maximum Gasteiger partial charge on any atom is 0.270 e. The molecule has 5 heterocycles. The first kappa shape index (κ1) is 21.3. The highest BCUT2D eigenvalue weighted by Gasteiger charge is 2.25. The van der Waals surface area contributed by atoms with Crippen LogP contribution in [0.15, 0.2) is 73.4 Å². The zero-order valence-electron chi connectivity index (χ0n) is 20.0. The van der Waals surface area contributed by atoms with Crippen LogP contribution in [0.4, 0.5) is 0 Å². The average Bonchev–Trinajstić information content (AvgIpc) is 3.52. The van der Waals surface area contributed by atoms with Crippen LogP contribution in [0.3, 0.4) is 0 Å². The Bertz CT molecular complexity index is 1560. The van der Waals surface area contributed by atoms with Gasteiger partial charge in [-0.25, -0.2) is 9.97 Å². The highest BCUT2D eigenvalue weighted by atomic mass is 16.2. The van der Waals surface area contributed by atoms with Gasteiger partial charge in [0, 0.05) is 79.2 Å². The van der Waals surface area contributed by atoms with Crippen molar-refractivity contribution < 1.29 is 4.79 Å². The molecule has 1 aliphatic rings. The summed E-state index contributed by atoms with van der Waals surface area (Å²) in [6.07, 6.45) is 9.43. The molecule has 35 heavy (non-hydrogen) atoms. The van der Waals surface area contributed by atoms with Gasteiger partial charge in [-0.3, -0.25) is 9.78 Å². The number of benzene rings is 1. The molecule has 174 valence electrons. The maximum absolute atomic E-state index is 12.7. The molecule has 0 bridgehead atoms. The quantitative estimate of drug-likeness (QED) is 0.364. The van der Waals surface area contributed by atoms with Gasteiger partial charge in [-0.2, -0.15) is 0 Å². The van der Waals surface area contributed by atoms with E-state index >= 15 is 0 Å². The van der Waals surface area contributed by atoms with Crippen molar-refractivity contribution in [2.75, 3.05) is 13.6 Å². The summed E-state index contributed by atoms with van der Waals surface area (Å²) < 4.78 is 4.20. The molecule has 0 radical (unpaired) electrons. The molecule has 0 unspecified atom stereocenters. The second kappa shape index (κ2) is 8.20. The van der Waals surface area contributed by atoms with Crippen LogP contribution >= 0.6 is 0 Å². The van der Waals surface area contributed by atoms with E-state index in [4.69, 9.17) is 0 Å². The van der Waals surface area contributed by atoms with Crippen molar-refractivity contribution in [1.29, 1.82) is 0 Å². The van der Waals surface area contributed by atoms with Gasteiger partial charge in [0.25, 0.3) is 5.91 Å². The number of imidazole rings is 1. The third-order valence-electron chi connectivity index (χ3n) is 6.77. The number of carbonyl (C=O) groups excluding carboxylic acids is 1. The minimum Gasteiger partial charge on any atom is -0.339 e. The first-order valence-corrected chi connectivity index (χ1v) is 11.8. The van der Waals surface area contributed by atoms with Crippen LogP contribution in [-0.4, -0.2) is 48.5 Å². The van der Waals surface area contributed by atoms with Crippen molar-refractivity contribution >= 4 is 16.9 Å². The number of likely N-dealkylation sites (N-methyl/N-ethyl adjacent to an activating group) is 1. The van der Waals surface area contributed by atoms with Gasteiger partial charge in [-0.15, -0.1) is 0 Å². The molecule has 0 saturated heterocycles. The number of amides is 1. The summed E-state index contributed by atoms with van der Waals surface area (Å²) in [5.74, 6) is 1.00. The first-order valence-electron chi connectivity index (χ1n) is 11.8. The lowest BCUT2D eigenvalue weighted by Crippen LogP contribution is -2.36. The van der Waals surface area contributed by atoms with Crippen LogP contribution in [0.2, 0.25) is 0 Å². The Morgan fingerprint density at radius 2 is 1.63 bits per heavy atom. The Morgan fingerprint density at radius 1 is 0.857 bits per heavy atom. The minimum atomic E-state index is 0.0327. The number of nitrogens with zero attached hydrogens (tertiary/aromatic N) is 6. The van der Waals surface area contributed by atoms with Gasteiger partial charge in [0.1, 0.15) is 17.2 Å². The standard InChI is InChI=1S/C28H26N6O/c1-18(2)33-11-10-31-26(33)20-6-4-19(5-7-20)21-14-22(17-29-16-21)23-8-9-30-27-24(23)15-25-28(35)32(3)12-13-34(25)27/h4-11,14-18H,12-13H2,1-3H3. The number of aromatic nitrogens is 5. The Hall–Kier alpha value is -4.26. The monoisotopic (exact) mass is 462 g/mol. The Kier molecular flexibility index (Phi) is 4.99. The maximum atomic E-state index is 12.7. The van der Waals surface area contributed by atoms with E-state index in [2.05, 4.69) is 63.7 Å². The third kappa shape index (κ3) is 3.51. The van der Waals surface area contributed by atoms with Crippen LogP contribution in [0.5, 0.6) is 0 Å². The fraction of sp³-hybridized carbons (Fsp3) is 0.214. The second-order valence-corrected chi connectivity index (χ2v) is 9.30. The molecule has 7 nitrogen and oxygen atoms in total. The van der Waals surface area contributed by atoms with Gasteiger partial charge >= 0.3 is 0 Å². The summed E-state index contributed by atoms with van der Waals surface area (Å²) in [5.41, 5.74) is 6.76. The molecule has 1 aromatic carbocycles. The highest BCUT2D eigenvalue weighted by Crippen LogP contribution is 2.33. The van der Waals surface area contributed by atoms with Crippen LogP contribution in [0, 0.1) is 0 Å². The molecule has 0 spiro atoms. The molecule has 0 atom stereocenters. The van der Waals surface area contributed by atoms with Gasteiger partial charge in [0.2, 0.25) is 0 Å². The number of pyridine rings is 2. The topological polar surface area (TPSA) is 68.8 Å². The molecular weight excluding hydrogens is 436 g/mol. The van der Waals surface area contributed by atoms with Crippen LogP contribution in [0.1, 0.15) is 30.4 Å². The van der Waals surface area contributed by atoms with E-state index in [0.29, 0.717) is 18.3 Å². The largest absolute Gasteiger partial charge is 0.339 e. The zero-order chi connectivity index (χ0) is 24.1. The molecule has 5 aromatic rings. The van der Waals surface area contributed by atoms with Gasteiger partial charge in [-0.05, 0) is 43.2 Å². The molecule has 0 saturated carbocycles. The van der Waals surface area contributed by atoms with Crippen molar-refractivity contribution in [2.45, 2.75) is 26.4 Å². The lowest BCUT2D eigenvalue weighted by Gasteiger charge is -2.24. The summed E-state index contributed by atoms with van der Waals surface area (Å²) in [4.78, 5) is 28.1. The molecule has 4 aromatic heterocycles. The van der Waals surface area contributed by atoms with Crippen LogP contribution < -0.4 is 0 Å². The molecule has 1 aliphatic heterocycles. The van der Waals surface area contributed by atoms with E-state index in [1.54, 1.807) is 4.90 Å². The van der Waals surface area contributed by atoms with E-state index in [0.717, 1.165) is 51.2 Å². The Labute approximate surface area is 203 Å². The molecule has 0 fully saturated rings. The van der Waals surface area contributed by atoms with Crippen molar-refractivity contribution in [1.82, 2.24) is 29.0 Å². The zero-order valence-corrected chi connectivity index (χ0v) is 20.0. The lowest BCUT2D eigenvalue weighted by molar-refractivity contribution is 0.0751. The normalized spacial score (nSPS) is 13.6. The summed E-state index contributed by atoms with van der Waals surface area (Å²) in [7, 11) is 1.84. The molecule has 6 rings (SSSR count). The Morgan fingerprint density at radius 3 is 2.43 bits per heavy atom. The van der Waals surface area contributed by atoms with E-state index in [9.17, 15) is 4.79 Å². The fourth-order valence-electron chi connectivity index (χ4n) is 4.86. The fourth-order valence-corrected chi connectivity index (χ4v) is 4.86. The van der Waals surface area contributed by atoms with Crippen molar-refractivity contribution in [3.05, 3.63) is 79.1 Å². The summed E-state index contributed by atoms with van der Waals surface area (Å²) >= 11 is 0. The van der Waals surface area contributed by atoms with E-state index in [1.165, 1.54) is 0 Å². The number of hydrogen-bond acceptors (Lipinski definition) is 4. The second-order valence-electron chi connectivity index (χ2n) is 9.30. The summed E-state index contributed by atoms with van der Waals surface area (Å²) in [5, 5.41) is 0.973. The predicted molar refractivity (Wildman–Crippen MR) is 137 cm³/mol. The smallest absolute Gasteiger partial charge is 0.270 e. The molecule has 7 heteroatoms. The number of hydrogen-bond donors (Lipinski definition) is 0. The van der Waals surface area contributed by atoms with Crippen molar-refractivity contribution in [3.8, 4) is 33.6 Å². The van der Waals surface area contributed by atoms with E-state index in [-0.39, 0.29) is 5.91 Å². The van der Waals surface area contributed by atoms with E-state index in [1.807, 2.05) is 54.7 Å². The van der Waals surface area contributed by atoms with Gasteiger partial charge in [-0.1, -0.05) is 24.3 Å². The number of rotatable bonds is 4. The van der Waals surface area contributed by atoms with Crippen molar-refractivity contribution in [3.63, 3.8) is 0 Å². The lowest BCUT2D eigenvalue weighted by atomic mass is 10.00. The number of fused-ring (bicyclic) bond motifs is 3. The van der Waals surface area contributed by atoms with Crippen LogP contribution in [-0.2, 0) is 6.54 Å². The number of carbonyl (C=O) groups is 1. The minimum absolute atomic E-state index is 0.0327. The predicted octanol–water partition coefficient (Wildman–Crippen LogP) is 5.30. The molecular formula is C28H26N6O. The summed E-state index contributed by atoms with van der Waals surface area (Å²) in [6, 6.07) is 14.9. The Balaban J connectivity index is 1.38. The SMILES string of the molecule is CC(C)n1ccnc1-c1ccc(-c2cncc(-c3ccnc4c3cc3n4CCN(C)C3=O)c2)cc1. The van der Waals surface area contributed by atoms with Gasteiger partial charge in [0.15, 0.2) is 0 Å². The first-order chi connectivity index (χ1) is 17.0. The third-order valence-corrected chi connectivity index (χ3v) is 6.77. The molecule has 0 aliphatic carbocycles.